The molecule has 0 atom stereocenters. The first-order valence-corrected chi connectivity index (χ1v) is 10.0. The summed E-state index contributed by atoms with van der Waals surface area (Å²) in [5.41, 5.74) is -0.336. The molecular weight excluding hydrogens is 426 g/mol. The number of ether oxygens (including phenoxy) is 1. The van der Waals surface area contributed by atoms with Crippen LogP contribution in [-0.2, 0) is 4.74 Å². The second-order valence-electron chi connectivity index (χ2n) is 7.16. The van der Waals surface area contributed by atoms with Crippen LogP contribution in [0, 0.1) is 0 Å². The average molecular weight is 445 g/mol. The molecule has 4 rings (SSSR count). The SMILES string of the molecule is CCOC(=O)N(c1ccc(O)c2ccccc12)c1c(C(=O)O)cc(C(=O)O)c2ccccc12. The predicted octanol–water partition coefficient (Wildman–Crippen LogP) is 5.39. The fraction of sp³-hybridized carbons (Fsp3) is 0.0800. The number of anilines is 2. The summed E-state index contributed by atoms with van der Waals surface area (Å²) in [5, 5.41) is 31.4. The van der Waals surface area contributed by atoms with Crippen molar-refractivity contribution in [2.75, 3.05) is 11.5 Å². The first-order valence-electron chi connectivity index (χ1n) is 10.0. The fourth-order valence-electron chi connectivity index (χ4n) is 3.90. The Morgan fingerprint density at radius 2 is 1.36 bits per heavy atom. The van der Waals surface area contributed by atoms with Gasteiger partial charge in [0.15, 0.2) is 0 Å². The molecule has 0 aromatic heterocycles. The molecule has 0 unspecified atom stereocenters. The lowest BCUT2D eigenvalue weighted by Gasteiger charge is -2.27. The molecule has 33 heavy (non-hydrogen) atoms. The zero-order valence-corrected chi connectivity index (χ0v) is 17.5. The largest absolute Gasteiger partial charge is 0.507 e. The molecule has 8 heteroatoms. The van der Waals surface area contributed by atoms with Crippen molar-refractivity contribution < 1.29 is 34.4 Å². The van der Waals surface area contributed by atoms with E-state index in [1.165, 1.54) is 12.1 Å². The molecule has 0 radical (unpaired) electrons. The van der Waals surface area contributed by atoms with Gasteiger partial charge in [-0.05, 0) is 30.5 Å². The van der Waals surface area contributed by atoms with Crippen LogP contribution in [0.4, 0.5) is 16.2 Å². The highest BCUT2D eigenvalue weighted by Crippen LogP contribution is 2.42. The number of hydrogen-bond donors (Lipinski definition) is 3. The van der Waals surface area contributed by atoms with Gasteiger partial charge in [-0.2, -0.15) is 0 Å². The minimum absolute atomic E-state index is 0.0114. The molecule has 0 saturated heterocycles. The fourth-order valence-corrected chi connectivity index (χ4v) is 3.90. The lowest BCUT2D eigenvalue weighted by atomic mass is 9.96. The van der Waals surface area contributed by atoms with E-state index in [9.17, 15) is 29.7 Å². The van der Waals surface area contributed by atoms with E-state index in [0.29, 0.717) is 10.8 Å². The molecule has 0 heterocycles. The summed E-state index contributed by atoms with van der Waals surface area (Å²) < 4.78 is 5.27. The van der Waals surface area contributed by atoms with Gasteiger partial charge < -0.3 is 20.1 Å². The van der Waals surface area contributed by atoms with Gasteiger partial charge in [0, 0.05) is 16.2 Å². The second kappa shape index (κ2) is 8.51. The van der Waals surface area contributed by atoms with E-state index >= 15 is 0 Å². The molecule has 4 aromatic carbocycles. The predicted molar refractivity (Wildman–Crippen MR) is 123 cm³/mol. The minimum atomic E-state index is -1.41. The molecule has 0 aliphatic carbocycles. The number of benzene rings is 4. The van der Waals surface area contributed by atoms with E-state index in [1.807, 2.05) is 0 Å². The Morgan fingerprint density at radius 3 is 1.97 bits per heavy atom. The monoisotopic (exact) mass is 445 g/mol. The molecule has 0 aliphatic heterocycles. The van der Waals surface area contributed by atoms with Crippen molar-refractivity contribution in [3.05, 3.63) is 77.9 Å². The molecule has 166 valence electrons. The van der Waals surface area contributed by atoms with Crippen LogP contribution in [-0.4, -0.2) is 40.0 Å². The third-order valence-corrected chi connectivity index (χ3v) is 5.27. The smallest absolute Gasteiger partial charge is 0.418 e. The Labute approximate surface area is 187 Å². The zero-order chi connectivity index (χ0) is 23.7. The zero-order valence-electron chi connectivity index (χ0n) is 17.5. The number of carboxylic acids is 2. The summed E-state index contributed by atoms with van der Waals surface area (Å²) in [7, 11) is 0. The lowest BCUT2D eigenvalue weighted by Crippen LogP contribution is -2.29. The number of carbonyl (C=O) groups excluding carboxylic acids is 1. The van der Waals surface area contributed by atoms with Crippen molar-refractivity contribution in [1.82, 2.24) is 0 Å². The van der Waals surface area contributed by atoms with E-state index in [2.05, 4.69) is 0 Å². The number of amides is 1. The lowest BCUT2D eigenvalue weighted by molar-refractivity contribution is 0.0696. The van der Waals surface area contributed by atoms with Crippen LogP contribution in [0.5, 0.6) is 5.75 Å². The Balaban J connectivity index is 2.16. The Hall–Kier alpha value is -4.59. The van der Waals surface area contributed by atoms with E-state index < -0.39 is 18.0 Å². The quantitative estimate of drug-likeness (QED) is 0.376. The van der Waals surface area contributed by atoms with Gasteiger partial charge in [0.25, 0.3) is 0 Å². The van der Waals surface area contributed by atoms with Gasteiger partial charge in [0.05, 0.1) is 29.1 Å². The van der Waals surface area contributed by atoms with Gasteiger partial charge in [-0.25, -0.2) is 19.3 Å². The maximum absolute atomic E-state index is 13.2. The van der Waals surface area contributed by atoms with E-state index in [4.69, 9.17) is 4.74 Å². The Bertz CT molecular complexity index is 1430. The summed E-state index contributed by atoms with van der Waals surface area (Å²) in [4.78, 5) is 38.5. The van der Waals surface area contributed by atoms with E-state index in [1.54, 1.807) is 55.5 Å². The van der Waals surface area contributed by atoms with Crippen LogP contribution in [0.25, 0.3) is 21.5 Å². The highest BCUT2D eigenvalue weighted by molar-refractivity contribution is 6.20. The van der Waals surface area contributed by atoms with Crippen molar-refractivity contribution in [2.45, 2.75) is 6.92 Å². The van der Waals surface area contributed by atoms with Crippen LogP contribution in [0.1, 0.15) is 27.6 Å². The standard InChI is InChI=1S/C25H19NO7/c1-2-33-25(32)26(20-11-12-21(27)16-9-5-4-8-15(16)20)22-17-10-6-3-7-14(17)18(23(28)29)13-19(22)24(30)31/h3-13,27H,2H2,1H3,(H,28,29)(H,30,31). The summed E-state index contributed by atoms with van der Waals surface area (Å²) in [5.74, 6) is -2.71. The van der Waals surface area contributed by atoms with Crippen LogP contribution in [0.3, 0.4) is 0 Å². The van der Waals surface area contributed by atoms with Crippen LogP contribution in [0.15, 0.2) is 66.7 Å². The number of nitrogens with zero attached hydrogens (tertiary/aromatic N) is 1. The maximum Gasteiger partial charge on any atom is 0.418 e. The number of phenols is 1. The van der Waals surface area contributed by atoms with Crippen LogP contribution >= 0.6 is 0 Å². The highest BCUT2D eigenvalue weighted by atomic mass is 16.6. The van der Waals surface area contributed by atoms with Gasteiger partial charge in [0.1, 0.15) is 5.75 Å². The van der Waals surface area contributed by atoms with Crippen LogP contribution < -0.4 is 4.90 Å². The van der Waals surface area contributed by atoms with Gasteiger partial charge in [-0.3, -0.25) is 0 Å². The number of rotatable bonds is 5. The number of hydrogen-bond acceptors (Lipinski definition) is 5. The molecule has 0 saturated carbocycles. The molecule has 1 amide bonds. The highest BCUT2D eigenvalue weighted by Gasteiger charge is 2.30. The molecule has 0 fully saturated rings. The Kier molecular flexibility index (Phi) is 5.58. The summed E-state index contributed by atoms with van der Waals surface area (Å²) in [6.45, 7) is 1.65. The van der Waals surface area contributed by atoms with Crippen molar-refractivity contribution in [3.63, 3.8) is 0 Å². The number of carbonyl (C=O) groups is 3. The summed E-state index contributed by atoms with van der Waals surface area (Å²) >= 11 is 0. The van der Waals surface area contributed by atoms with Gasteiger partial charge >= 0.3 is 18.0 Å². The number of phenolic OH excluding ortho intramolecular Hbond substituents is 1. The normalized spacial score (nSPS) is 10.8. The molecule has 4 aromatic rings. The van der Waals surface area contributed by atoms with Crippen molar-refractivity contribution in [1.29, 1.82) is 0 Å². The van der Waals surface area contributed by atoms with Crippen molar-refractivity contribution in [2.24, 2.45) is 0 Å². The molecule has 8 nitrogen and oxygen atoms in total. The van der Waals surface area contributed by atoms with Gasteiger partial charge in [-0.1, -0.05) is 48.5 Å². The van der Waals surface area contributed by atoms with Crippen LogP contribution in [0.2, 0.25) is 0 Å². The van der Waals surface area contributed by atoms with Crippen molar-refractivity contribution >= 4 is 51.0 Å². The molecule has 0 bridgehead atoms. The summed E-state index contributed by atoms with van der Waals surface area (Å²) in [6, 6.07) is 17.1. The first kappa shape index (κ1) is 21.6. The van der Waals surface area contributed by atoms with Gasteiger partial charge in [0.2, 0.25) is 0 Å². The van der Waals surface area contributed by atoms with E-state index in [0.717, 1.165) is 11.0 Å². The first-order chi connectivity index (χ1) is 15.8. The van der Waals surface area contributed by atoms with Gasteiger partial charge in [-0.15, -0.1) is 0 Å². The molecule has 3 N–H and O–H groups in total. The summed E-state index contributed by atoms with van der Waals surface area (Å²) in [6.07, 6.45) is -0.843. The van der Waals surface area contributed by atoms with Crippen molar-refractivity contribution in [3.8, 4) is 5.75 Å². The number of carboxylic acid groups (broad SMARTS) is 2. The second-order valence-corrected chi connectivity index (χ2v) is 7.16. The number of aromatic hydroxyl groups is 1. The number of fused-ring (bicyclic) bond motifs is 2. The molecule has 0 spiro atoms. The molecule has 0 aliphatic rings. The minimum Gasteiger partial charge on any atom is -0.507 e. The average Bonchev–Trinajstić information content (AvgIpc) is 2.80. The maximum atomic E-state index is 13.2. The topological polar surface area (TPSA) is 124 Å². The third-order valence-electron chi connectivity index (χ3n) is 5.27. The molecular formula is C25H19NO7. The van der Waals surface area contributed by atoms with E-state index in [-0.39, 0.29) is 45.6 Å². The Morgan fingerprint density at radius 1 is 0.788 bits per heavy atom. The third kappa shape index (κ3) is 3.67. The number of aromatic carboxylic acids is 2.